The van der Waals surface area contributed by atoms with Gasteiger partial charge in [0, 0.05) is 12.7 Å². The van der Waals surface area contributed by atoms with E-state index in [2.05, 4.69) is 47.9 Å². The van der Waals surface area contributed by atoms with Crippen molar-refractivity contribution >= 4 is 11.7 Å². The number of carbonyl (C=O) groups is 1. The smallest absolute Gasteiger partial charge is 0.318 e. The van der Waals surface area contributed by atoms with Crippen LogP contribution in [-0.2, 0) is 12.8 Å². The summed E-state index contributed by atoms with van der Waals surface area (Å²) in [5.41, 5.74) is 7.50. The Morgan fingerprint density at radius 2 is 1.95 bits per heavy atom. The third-order valence-corrected chi connectivity index (χ3v) is 3.93. The van der Waals surface area contributed by atoms with Crippen molar-refractivity contribution in [1.82, 2.24) is 5.32 Å². The number of hydrogen-bond donors (Lipinski definition) is 2. The van der Waals surface area contributed by atoms with Gasteiger partial charge in [-0.05, 0) is 46.7 Å². The van der Waals surface area contributed by atoms with E-state index in [1.807, 2.05) is 6.07 Å². The fourth-order valence-electron chi connectivity index (χ4n) is 2.98. The van der Waals surface area contributed by atoms with E-state index < -0.39 is 0 Å². The summed E-state index contributed by atoms with van der Waals surface area (Å²) < 4.78 is 0. The molecule has 0 atom stereocenters. The van der Waals surface area contributed by atoms with E-state index in [1.54, 1.807) is 7.05 Å². The normalized spacial score (nSPS) is 11.7. The van der Waals surface area contributed by atoms with Gasteiger partial charge in [-0.1, -0.05) is 37.3 Å². The molecule has 20 heavy (non-hydrogen) atoms. The lowest BCUT2D eigenvalue weighted by Gasteiger charge is -2.14. The molecule has 2 N–H and O–H groups in total. The second-order valence-corrected chi connectivity index (χ2v) is 5.01. The van der Waals surface area contributed by atoms with Gasteiger partial charge in [-0.15, -0.1) is 0 Å². The lowest BCUT2D eigenvalue weighted by Crippen LogP contribution is -2.25. The van der Waals surface area contributed by atoms with E-state index in [4.69, 9.17) is 0 Å². The summed E-state index contributed by atoms with van der Waals surface area (Å²) in [7, 11) is 1.63. The van der Waals surface area contributed by atoms with E-state index >= 15 is 0 Å². The zero-order chi connectivity index (χ0) is 14.1. The average molecular weight is 266 g/mol. The van der Waals surface area contributed by atoms with Gasteiger partial charge in [0.1, 0.15) is 0 Å². The molecule has 2 amide bonds. The summed E-state index contributed by atoms with van der Waals surface area (Å²) in [6.45, 7) is 2.13. The largest absolute Gasteiger partial charge is 0.341 e. The number of carbonyl (C=O) groups excluding carboxylic acids is 1. The fraction of sp³-hybridized carbons (Fsp3) is 0.235. The van der Waals surface area contributed by atoms with Gasteiger partial charge in [0.2, 0.25) is 0 Å². The maximum absolute atomic E-state index is 11.5. The SMILES string of the molecule is CCc1c(NC(=O)NC)ccc2c1Cc1ccccc1-2. The Bertz CT molecular complexity index is 677. The minimum atomic E-state index is -0.171. The molecular formula is C17H18N2O. The van der Waals surface area contributed by atoms with Crippen molar-refractivity contribution in [3.05, 3.63) is 53.1 Å². The van der Waals surface area contributed by atoms with Gasteiger partial charge in [0.15, 0.2) is 0 Å². The van der Waals surface area contributed by atoms with Crippen molar-refractivity contribution in [3.63, 3.8) is 0 Å². The Morgan fingerprint density at radius 1 is 1.15 bits per heavy atom. The van der Waals surface area contributed by atoms with E-state index in [0.29, 0.717) is 0 Å². The summed E-state index contributed by atoms with van der Waals surface area (Å²) in [6, 6.07) is 12.5. The monoisotopic (exact) mass is 266 g/mol. The number of hydrogen-bond acceptors (Lipinski definition) is 1. The first kappa shape index (κ1) is 12.7. The Hall–Kier alpha value is -2.29. The van der Waals surface area contributed by atoms with Crippen molar-refractivity contribution in [2.24, 2.45) is 0 Å². The molecule has 0 saturated heterocycles. The number of anilines is 1. The van der Waals surface area contributed by atoms with Gasteiger partial charge < -0.3 is 10.6 Å². The number of rotatable bonds is 2. The Labute approximate surface area is 119 Å². The first-order valence-corrected chi connectivity index (χ1v) is 6.96. The molecular weight excluding hydrogens is 248 g/mol. The predicted octanol–water partition coefficient (Wildman–Crippen LogP) is 3.57. The van der Waals surface area contributed by atoms with Crippen LogP contribution in [0.3, 0.4) is 0 Å². The van der Waals surface area contributed by atoms with Gasteiger partial charge in [-0.2, -0.15) is 0 Å². The fourth-order valence-corrected chi connectivity index (χ4v) is 2.98. The molecule has 0 heterocycles. The molecule has 0 radical (unpaired) electrons. The number of urea groups is 1. The van der Waals surface area contributed by atoms with E-state index in [1.165, 1.54) is 27.8 Å². The average Bonchev–Trinajstić information content (AvgIpc) is 2.85. The minimum absolute atomic E-state index is 0.171. The Kier molecular flexibility index (Phi) is 3.18. The molecule has 0 fully saturated rings. The molecule has 3 heteroatoms. The molecule has 2 aromatic carbocycles. The van der Waals surface area contributed by atoms with Gasteiger partial charge in [0.25, 0.3) is 0 Å². The van der Waals surface area contributed by atoms with Gasteiger partial charge >= 0.3 is 6.03 Å². The first-order valence-electron chi connectivity index (χ1n) is 6.96. The summed E-state index contributed by atoms with van der Waals surface area (Å²) in [5.74, 6) is 0. The third kappa shape index (κ3) is 1.95. The molecule has 0 aliphatic heterocycles. The molecule has 1 aliphatic rings. The number of benzene rings is 2. The molecule has 0 aromatic heterocycles. The molecule has 2 aromatic rings. The molecule has 102 valence electrons. The summed E-state index contributed by atoms with van der Waals surface area (Å²) in [4.78, 5) is 11.5. The van der Waals surface area contributed by atoms with Crippen LogP contribution >= 0.6 is 0 Å². The van der Waals surface area contributed by atoms with Crippen LogP contribution in [0.2, 0.25) is 0 Å². The highest BCUT2D eigenvalue weighted by Crippen LogP contribution is 2.40. The maximum Gasteiger partial charge on any atom is 0.318 e. The molecule has 0 unspecified atom stereocenters. The second kappa shape index (κ2) is 5.00. The van der Waals surface area contributed by atoms with E-state index in [0.717, 1.165) is 18.5 Å². The molecule has 3 nitrogen and oxygen atoms in total. The van der Waals surface area contributed by atoms with Gasteiger partial charge in [-0.25, -0.2) is 4.79 Å². The molecule has 0 bridgehead atoms. The third-order valence-electron chi connectivity index (χ3n) is 3.93. The van der Waals surface area contributed by atoms with Crippen molar-refractivity contribution in [2.45, 2.75) is 19.8 Å². The van der Waals surface area contributed by atoms with Crippen LogP contribution in [0.25, 0.3) is 11.1 Å². The van der Waals surface area contributed by atoms with Crippen molar-refractivity contribution in [2.75, 3.05) is 12.4 Å². The summed E-state index contributed by atoms with van der Waals surface area (Å²) in [5, 5.41) is 5.52. The lowest BCUT2D eigenvalue weighted by atomic mass is 9.97. The van der Waals surface area contributed by atoms with Crippen LogP contribution in [0.5, 0.6) is 0 Å². The van der Waals surface area contributed by atoms with Gasteiger partial charge in [0.05, 0.1) is 0 Å². The highest BCUT2D eigenvalue weighted by atomic mass is 16.2. The van der Waals surface area contributed by atoms with Crippen LogP contribution in [0.1, 0.15) is 23.6 Å². The van der Waals surface area contributed by atoms with E-state index in [-0.39, 0.29) is 6.03 Å². The Balaban J connectivity index is 2.08. The van der Waals surface area contributed by atoms with Crippen molar-refractivity contribution in [1.29, 1.82) is 0 Å². The van der Waals surface area contributed by atoms with Crippen LogP contribution in [0.15, 0.2) is 36.4 Å². The summed E-state index contributed by atoms with van der Waals surface area (Å²) in [6.07, 6.45) is 1.87. The topological polar surface area (TPSA) is 41.1 Å². The number of nitrogens with one attached hydrogen (secondary N) is 2. The Morgan fingerprint density at radius 3 is 2.70 bits per heavy atom. The minimum Gasteiger partial charge on any atom is -0.341 e. The number of amides is 2. The quantitative estimate of drug-likeness (QED) is 0.731. The lowest BCUT2D eigenvalue weighted by molar-refractivity contribution is 0.254. The first-order chi connectivity index (χ1) is 9.74. The van der Waals surface area contributed by atoms with Crippen LogP contribution in [0.4, 0.5) is 10.5 Å². The van der Waals surface area contributed by atoms with Gasteiger partial charge in [-0.3, -0.25) is 0 Å². The molecule has 0 saturated carbocycles. The van der Waals surface area contributed by atoms with Crippen LogP contribution in [-0.4, -0.2) is 13.1 Å². The second-order valence-electron chi connectivity index (χ2n) is 5.01. The predicted molar refractivity (Wildman–Crippen MR) is 82.1 cm³/mol. The van der Waals surface area contributed by atoms with Crippen molar-refractivity contribution in [3.8, 4) is 11.1 Å². The van der Waals surface area contributed by atoms with Crippen LogP contribution in [0, 0.1) is 0 Å². The number of fused-ring (bicyclic) bond motifs is 3. The standard InChI is InChI=1S/C17H18N2O/c1-3-12-15-10-11-6-4-5-7-13(11)14(15)8-9-16(12)19-17(20)18-2/h4-9H,3,10H2,1-2H3,(H2,18,19,20). The highest BCUT2D eigenvalue weighted by molar-refractivity contribution is 5.92. The van der Waals surface area contributed by atoms with Crippen LogP contribution < -0.4 is 10.6 Å². The van der Waals surface area contributed by atoms with Crippen molar-refractivity contribution < 1.29 is 4.79 Å². The zero-order valence-corrected chi connectivity index (χ0v) is 11.8. The summed E-state index contributed by atoms with van der Waals surface area (Å²) >= 11 is 0. The molecule has 3 rings (SSSR count). The zero-order valence-electron chi connectivity index (χ0n) is 11.8. The maximum atomic E-state index is 11.5. The highest BCUT2D eigenvalue weighted by Gasteiger charge is 2.22. The van der Waals surface area contributed by atoms with E-state index in [9.17, 15) is 4.79 Å². The molecule has 0 spiro atoms. The molecule has 1 aliphatic carbocycles.